The molecule has 0 radical (unpaired) electrons. The molecule has 0 saturated carbocycles. The molecule has 0 bridgehead atoms. The Balaban J connectivity index is 1.79. The lowest BCUT2D eigenvalue weighted by Crippen LogP contribution is -2.47. The van der Waals surface area contributed by atoms with Crippen molar-refractivity contribution >= 4 is 21.6 Å². The van der Waals surface area contributed by atoms with E-state index in [2.05, 4.69) is 10.0 Å². The van der Waals surface area contributed by atoms with Crippen molar-refractivity contribution in [1.82, 2.24) is 4.72 Å². The van der Waals surface area contributed by atoms with E-state index in [0.29, 0.717) is 11.4 Å². The van der Waals surface area contributed by atoms with Gasteiger partial charge in [0.15, 0.2) is 0 Å². The zero-order valence-electron chi connectivity index (χ0n) is 18.0. The molecular weight excluding hydrogens is 431 g/mol. The molecule has 3 rings (SSSR count). The van der Waals surface area contributed by atoms with E-state index in [9.17, 15) is 17.6 Å². The molecule has 0 spiro atoms. The summed E-state index contributed by atoms with van der Waals surface area (Å²) in [5, 5.41) is 2.73. The number of benzene rings is 3. The van der Waals surface area contributed by atoms with E-state index < -0.39 is 22.0 Å². The van der Waals surface area contributed by atoms with Gasteiger partial charge in [-0.25, -0.2) is 12.8 Å². The predicted molar refractivity (Wildman–Crippen MR) is 122 cm³/mol. The number of nitrogens with one attached hydrogen (secondary N) is 2. The Bertz CT molecular complexity index is 1180. The van der Waals surface area contributed by atoms with E-state index in [1.54, 1.807) is 62.4 Å². The molecule has 2 N–H and O–H groups in total. The summed E-state index contributed by atoms with van der Waals surface area (Å²) in [6.45, 7) is 3.51. The van der Waals surface area contributed by atoms with Crippen molar-refractivity contribution in [3.8, 4) is 16.9 Å². The van der Waals surface area contributed by atoms with Crippen molar-refractivity contribution in [3.05, 3.63) is 78.6 Å². The summed E-state index contributed by atoms with van der Waals surface area (Å²) in [6, 6.07) is 18.0. The van der Waals surface area contributed by atoms with E-state index in [1.165, 1.54) is 31.4 Å². The summed E-state index contributed by atoms with van der Waals surface area (Å²) in [7, 11) is -2.48. The molecule has 6 nitrogen and oxygen atoms in total. The van der Waals surface area contributed by atoms with Crippen LogP contribution in [0.25, 0.3) is 11.1 Å². The van der Waals surface area contributed by atoms with Crippen LogP contribution >= 0.6 is 0 Å². The van der Waals surface area contributed by atoms with Crippen LogP contribution in [0.1, 0.15) is 13.8 Å². The van der Waals surface area contributed by atoms with E-state index in [-0.39, 0.29) is 16.6 Å². The monoisotopic (exact) mass is 456 g/mol. The number of ether oxygens (including phenoxy) is 1. The maximum atomic E-state index is 13.1. The number of para-hydroxylation sites is 2. The lowest BCUT2D eigenvalue weighted by Gasteiger charge is -2.22. The molecule has 0 aromatic heterocycles. The van der Waals surface area contributed by atoms with Crippen molar-refractivity contribution in [1.29, 1.82) is 0 Å². The van der Waals surface area contributed by atoms with Crippen molar-refractivity contribution in [2.45, 2.75) is 24.8 Å². The first-order valence-electron chi connectivity index (χ1n) is 10.0. The minimum atomic E-state index is -3.97. The van der Waals surface area contributed by atoms with E-state index in [0.717, 1.165) is 11.1 Å². The molecular formula is C24H25FN2O4S. The first-order chi connectivity index (χ1) is 15.2. The lowest BCUT2D eigenvalue weighted by atomic mass is 10.0. The van der Waals surface area contributed by atoms with Gasteiger partial charge in [-0.15, -0.1) is 0 Å². The molecule has 0 aliphatic rings. The van der Waals surface area contributed by atoms with Crippen LogP contribution < -0.4 is 14.8 Å². The van der Waals surface area contributed by atoms with Gasteiger partial charge in [-0.2, -0.15) is 4.72 Å². The molecule has 3 aromatic carbocycles. The number of carbonyl (C=O) groups is 1. The topological polar surface area (TPSA) is 84.5 Å². The Morgan fingerprint density at radius 3 is 2.03 bits per heavy atom. The maximum Gasteiger partial charge on any atom is 0.242 e. The van der Waals surface area contributed by atoms with Crippen LogP contribution in [0.3, 0.4) is 0 Å². The average molecular weight is 457 g/mol. The molecule has 0 fully saturated rings. The third-order valence-corrected chi connectivity index (χ3v) is 6.40. The average Bonchev–Trinajstić information content (AvgIpc) is 2.78. The highest BCUT2D eigenvalue weighted by molar-refractivity contribution is 7.89. The summed E-state index contributed by atoms with van der Waals surface area (Å²) < 4.78 is 46.8. The highest BCUT2D eigenvalue weighted by atomic mass is 32.2. The highest BCUT2D eigenvalue weighted by Gasteiger charge is 2.29. The number of anilines is 1. The largest absolute Gasteiger partial charge is 0.495 e. The van der Waals surface area contributed by atoms with Gasteiger partial charge in [0, 0.05) is 0 Å². The summed E-state index contributed by atoms with van der Waals surface area (Å²) in [5.41, 5.74) is 1.96. The minimum absolute atomic E-state index is 0.0269. The van der Waals surface area contributed by atoms with Crippen molar-refractivity contribution in [3.63, 3.8) is 0 Å². The van der Waals surface area contributed by atoms with Crippen LogP contribution in [-0.2, 0) is 14.8 Å². The molecule has 8 heteroatoms. The fourth-order valence-corrected chi connectivity index (χ4v) is 4.50. The van der Waals surface area contributed by atoms with E-state index in [4.69, 9.17) is 4.74 Å². The molecule has 1 atom stereocenters. The van der Waals surface area contributed by atoms with Gasteiger partial charge in [0.05, 0.1) is 17.7 Å². The fourth-order valence-electron chi connectivity index (χ4n) is 3.15. The number of hydrogen-bond acceptors (Lipinski definition) is 4. The number of amides is 1. The molecule has 168 valence electrons. The van der Waals surface area contributed by atoms with Crippen LogP contribution in [0.15, 0.2) is 77.7 Å². The number of rotatable bonds is 8. The Morgan fingerprint density at radius 1 is 0.906 bits per heavy atom. The van der Waals surface area contributed by atoms with Crippen LogP contribution in [0.5, 0.6) is 5.75 Å². The van der Waals surface area contributed by atoms with Crippen LogP contribution in [0, 0.1) is 11.7 Å². The second kappa shape index (κ2) is 9.93. The number of methoxy groups -OCH3 is 1. The molecule has 0 aliphatic heterocycles. The van der Waals surface area contributed by atoms with Gasteiger partial charge in [-0.05, 0) is 53.4 Å². The zero-order chi connectivity index (χ0) is 23.3. The van der Waals surface area contributed by atoms with Crippen molar-refractivity contribution < 1.29 is 22.3 Å². The fraction of sp³-hybridized carbons (Fsp3) is 0.208. The Kier molecular flexibility index (Phi) is 7.27. The molecule has 3 aromatic rings. The summed E-state index contributed by atoms with van der Waals surface area (Å²) in [4.78, 5) is 12.9. The van der Waals surface area contributed by atoms with Crippen molar-refractivity contribution in [2.24, 2.45) is 5.92 Å². The number of carbonyl (C=O) groups excluding carboxylic acids is 1. The summed E-state index contributed by atoms with van der Waals surface area (Å²) >= 11 is 0. The number of sulfonamides is 1. The standard InChI is InChI=1S/C24H25FN2O4S/c1-16(2)23(24(28)26-21-6-4-5-7-22(21)31-3)27-32(29,30)20-14-10-18(11-15-20)17-8-12-19(25)13-9-17/h4-16,23,27H,1-3H3,(H,26,28)/t23-/m1/s1. The van der Waals surface area contributed by atoms with Crippen LogP contribution in [0.2, 0.25) is 0 Å². The second-order valence-corrected chi connectivity index (χ2v) is 9.28. The third-order valence-electron chi connectivity index (χ3n) is 4.94. The Morgan fingerprint density at radius 2 is 1.47 bits per heavy atom. The predicted octanol–water partition coefficient (Wildman–Crippen LogP) is 4.44. The van der Waals surface area contributed by atoms with Gasteiger partial charge in [0.2, 0.25) is 15.9 Å². The van der Waals surface area contributed by atoms with Gasteiger partial charge in [-0.3, -0.25) is 4.79 Å². The van der Waals surface area contributed by atoms with Crippen molar-refractivity contribution in [2.75, 3.05) is 12.4 Å². The summed E-state index contributed by atoms with van der Waals surface area (Å²) in [5.74, 6) is -0.667. The highest BCUT2D eigenvalue weighted by Crippen LogP contribution is 2.25. The van der Waals surface area contributed by atoms with Gasteiger partial charge >= 0.3 is 0 Å². The first kappa shape index (κ1) is 23.4. The van der Waals surface area contributed by atoms with Gasteiger partial charge < -0.3 is 10.1 Å². The number of halogens is 1. The smallest absolute Gasteiger partial charge is 0.242 e. The van der Waals surface area contributed by atoms with E-state index in [1.807, 2.05) is 0 Å². The lowest BCUT2D eigenvalue weighted by molar-refractivity contribution is -0.118. The quantitative estimate of drug-likeness (QED) is 0.525. The summed E-state index contributed by atoms with van der Waals surface area (Å²) in [6.07, 6.45) is 0. The molecule has 0 saturated heterocycles. The van der Waals surface area contributed by atoms with Crippen LogP contribution in [-0.4, -0.2) is 27.5 Å². The van der Waals surface area contributed by atoms with Gasteiger partial charge in [0.25, 0.3) is 0 Å². The van der Waals surface area contributed by atoms with Gasteiger partial charge in [-0.1, -0.05) is 50.2 Å². The maximum absolute atomic E-state index is 13.1. The van der Waals surface area contributed by atoms with Gasteiger partial charge in [0.1, 0.15) is 17.6 Å². The molecule has 1 amide bonds. The molecule has 0 heterocycles. The Labute approximate surface area is 187 Å². The second-order valence-electron chi connectivity index (χ2n) is 7.56. The zero-order valence-corrected chi connectivity index (χ0v) is 18.8. The normalized spacial score (nSPS) is 12.4. The third kappa shape index (κ3) is 5.52. The van der Waals surface area contributed by atoms with Crippen LogP contribution in [0.4, 0.5) is 10.1 Å². The van der Waals surface area contributed by atoms with E-state index >= 15 is 0 Å². The first-order valence-corrected chi connectivity index (χ1v) is 11.5. The Hall–Kier alpha value is -3.23. The molecule has 0 unspecified atom stereocenters. The molecule has 32 heavy (non-hydrogen) atoms. The SMILES string of the molecule is COc1ccccc1NC(=O)[C@H](NS(=O)(=O)c1ccc(-c2ccc(F)cc2)cc1)C(C)C. The minimum Gasteiger partial charge on any atom is -0.495 e. The number of hydrogen-bond donors (Lipinski definition) is 2. The molecule has 0 aliphatic carbocycles.